The van der Waals surface area contributed by atoms with E-state index >= 15 is 0 Å². The molecule has 0 amide bonds. The van der Waals surface area contributed by atoms with Gasteiger partial charge in [-0.3, -0.25) is 4.79 Å². The number of anilines is 1. The third-order valence-corrected chi connectivity index (χ3v) is 5.04. The van der Waals surface area contributed by atoms with Gasteiger partial charge in [0, 0.05) is 4.47 Å². The van der Waals surface area contributed by atoms with Crippen LogP contribution in [0.2, 0.25) is 0 Å². The Kier molecular flexibility index (Phi) is 2.40. The van der Waals surface area contributed by atoms with Gasteiger partial charge in [0.1, 0.15) is 5.54 Å². The summed E-state index contributed by atoms with van der Waals surface area (Å²) in [4.78, 5) is 11.8. The normalized spacial score (nSPS) is 21.1. The third-order valence-electron chi connectivity index (χ3n) is 2.46. The summed E-state index contributed by atoms with van der Waals surface area (Å²) in [6, 6.07) is 4.75. The zero-order chi connectivity index (χ0) is 12.1. The fourth-order valence-electron chi connectivity index (χ4n) is 1.65. The average Bonchev–Trinajstić information content (AvgIpc) is 2.17. The number of hydrogen-bond donors (Lipinski definition) is 1. The van der Waals surface area contributed by atoms with Crippen LogP contribution in [0.25, 0.3) is 0 Å². The van der Waals surface area contributed by atoms with Gasteiger partial charge in [-0.1, -0.05) is 6.07 Å². The summed E-state index contributed by atoms with van der Waals surface area (Å²) in [5, 5.41) is 2.13. The third kappa shape index (κ3) is 1.48. The number of hydrogen-bond acceptors (Lipinski definition) is 4. The van der Waals surface area contributed by atoms with Crippen LogP contribution in [0.4, 0.5) is 5.69 Å². The Hall–Kier alpha value is -0.880. The fourth-order valence-corrected chi connectivity index (χ4v) is 3.86. The second kappa shape index (κ2) is 3.30. The van der Waals surface area contributed by atoms with Crippen LogP contribution in [0.15, 0.2) is 27.6 Å². The first-order valence-electron chi connectivity index (χ1n) is 4.63. The Morgan fingerprint density at radius 2 is 1.94 bits per heavy atom. The lowest BCUT2D eigenvalue weighted by molar-refractivity contribution is -0.114. The second-order valence-electron chi connectivity index (χ2n) is 4.15. The monoisotopic (exact) mass is 303 g/mol. The van der Waals surface area contributed by atoms with Crippen molar-refractivity contribution in [1.29, 1.82) is 0 Å². The smallest absolute Gasteiger partial charge is 0.275 e. The van der Waals surface area contributed by atoms with Crippen molar-refractivity contribution < 1.29 is 13.2 Å². The molecule has 16 heavy (non-hydrogen) atoms. The minimum atomic E-state index is -3.88. The molecule has 4 nitrogen and oxygen atoms in total. The van der Waals surface area contributed by atoms with Crippen molar-refractivity contribution in [3.63, 3.8) is 0 Å². The molecule has 0 atom stereocenters. The number of halogens is 1. The van der Waals surface area contributed by atoms with E-state index in [1.54, 1.807) is 26.0 Å². The summed E-state index contributed by atoms with van der Waals surface area (Å²) in [5.41, 5.74) is -0.650. The number of fused-ring (bicyclic) bond motifs is 1. The van der Waals surface area contributed by atoms with Crippen molar-refractivity contribution in [1.82, 2.24) is 0 Å². The predicted molar refractivity (Wildman–Crippen MR) is 64.0 cm³/mol. The maximum Gasteiger partial charge on any atom is 0.275 e. The Balaban J connectivity index is 2.82. The van der Waals surface area contributed by atoms with Crippen molar-refractivity contribution in [2.45, 2.75) is 24.3 Å². The van der Waals surface area contributed by atoms with E-state index in [-0.39, 0.29) is 4.90 Å². The van der Waals surface area contributed by atoms with Crippen molar-refractivity contribution >= 4 is 36.6 Å². The molecule has 1 heterocycles. The number of carbonyl (C=O) groups excluding carboxylic acids is 1. The SMILES string of the molecule is CC1(C)Nc2c(Br)cccc2S(=O)(=O)C1=O. The van der Waals surface area contributed by atoms with Crippen molar-refractivity contribution in [3.8, 4) is 0 Å². The molecular formula is C10H10BrNO3S. The van der Waals surface area contributed by atoms with Gasteiger partial charge in [-0.15, -0.1) is 0 Å². The largest absolute Gasteiger partial charge is 0.370 e. The Labute approximate surface area is 102 Å². The van der Waals surface area contributed by atoms with Crippen molar-refractivity contribution in [2.24, 2.45) is 0 Å². The lowest BCUT2D eigenvalue weighted by Gasteiger charge is -2.32. The van der Waals surface area contributed by atoms with Gasteiger partial charge >= 0.3 is 0 Å². The van der Waals surface area contributed by atoms with E-state index < -0.39 is 20.5 Å². The molecule has 6 heteroatoms. The molecule has 1 N–H and O–H groups in total. The molecule has 86 valence electrons. The summed E-state index contributed by atoms with van der Waals surface area (Å²) >= 11 is 3.27. The van der Waals surface area contributed by atoms with Gasteiger partial charge in [-0.05, 0) is 41.9 Å². The minimum Gasteiger partial charge on any atom is -0.370 e. The van der Waals surface area contributed by atoms with Gasteiger partial charge in [0.25, 0.3) is 5.12 Å². The highest BCUT2D eigenvalue weighted by atomic mass is 79.9. The molecule has 1 aliphatic rings. The van der Waals surface area contributed by atoms with Gasteiger partial charge in [0.2, 0.25) is 9.84 Å². The molecule has 0 saturated heterocycles. The lowest BCUT2D eigenvalue weighted by atomic mass is 10.1. The number of benzene rings is 1. The van der Waals surface area contributed by atoms with Crippen LogP contribution >= 0.6 is 15.9 Å². The van der Waals surface area contributed by atoms with Crippen LogP contribution < -0.4 is 5.32 Å². The summed E-state index contributed by atoms with van der Waals surface area (Å²) in [6.45, 7) is 3.10. The molecule has 1 aliphatic heterocycles. The molecule has 0 bridgehead atoms. The first-order chi connectivity index (χ1) is 7.27. The molecule has 0 unspecified atom stereocenters. The Morgan fingerprint density at radius 1 is 1.31 bits per heavy atom. The molecule has 1 aromatic rings. The average molecular weight is 304 g/mol. The van der Waals surface area contributed by atoms with E-state index in [0.717, 1.165) is 0 Å². The second-order valence-corrected chi connectivity index (χ2v) is 6.83. The molecule has 1 aromatic carbocycles. The van der Waals surface area contributed by atoms with Crippen LogP contribution in [0.5, 0.6) is 0 Å². The quantitative estimate of drug-likeness (QED) is 0.796. The maximum absolute atomic E-state index is 12.0. The molecule has 0 radical (unpaired) electrons. The van der Waals surface area contributed by atoms with E-state index in [9.17, 15) is 13.2 Å². The van der Waals surface area contributed by atoms with Crippen LogP contribution in [-0.4, -0.2) is 19.1 Å². The summed E-state index contributed by atoms with van der Waals surface area (Å²) in [5.74, 6) is 0. The van der Waals surface area contributed by atoms with Crippen LogP contribution in [0, 0.1) is 0 Å². The van der Waals surface area contributed by atoms with Crippen LogP contribution in [0.3, 0.4) is 0 Å². The first kappa shape index (κ1) is 11.6. The van der Waals surface area contributed by atoms with Gasteiger partial charge < -0.3 is 5.32 Å². The standard InChI is InChI=1S/C10H10BrNO3S/c1-10(2)9(13)16(14,15)7-5-3-4-6(11)8(7)12-10/h3-5,12H,1-2H3. The minimum absolute atomic E-state index is 0.0335. The molecule has 2 rings (SSSR count). The highest BCUT2D eigenvalue weighted by Crippen LogP contribution is 2.38. The molecule has 0 fully saturated rings. The number of para-hydroxylation sites is 1. The zero-order valence-electron chi connectivity index (χ0n) is 8.74. The summed E-state index contributed by atoms with van der Waals surface area (Å²) < 4.78 is 24.6. The maximum atomic E-state index is 12.0. The molecule has 0 saturated carbocycles. The first-order valence-corrected chi connectivity index (χ1v) is 6.90. The van der Waals surface area contributed by atoms with E-state index in [0.29, 0.717) is 10.2 Å². The van der Waals surface area contributed by atoms with Crippen molar-refractivity contribution in [2.75, 3.05) is 5.32 Å². The van der Waals surface area contributed by atoms with Crippen LogP contribution in [-0.2, 0) is 14.6 Å². The fraction of sp³-hybridized carbons (Fsp3) is 0.300. The number of carbonyl (C=O) groups is 1. The highest BCUT2D eigenvalue weighted by molar-refractivity contribution is 9.10. The van der Waals surface area contributed by atoms with E-state index in [2.05, 4.69) is 21.2 Å². The summed E-state index contributed by atoms with van der Waals surface area (Å²) in [7, 11) is -3.88. The Morgan fingerprint density at radius 3 is 2.56 bits per heavy atom. The number of rotatable bonds is 0. The number of nitrogens with one attached hydrogen (secondary N) is 1. The van der Waals surface area contributed by atoms with Crippen molar-refractivity contribution in [3.05, 3.63) is 22.7 Å². The topological polar surface area (TPSA) is 63.2 Å². The lowest BCUT2D eigenvalue weighted by Crippen LogP contribution is -2.48. The molecule has 0 aromatic heterocycles. The van der Waals surface area contributed by atoms with Crippen LogP contribution in [0.1, 0.15) is 13.8 Å². The van der Waals surface area contributed by atoms with Gasteiger partial charge in [0.05, 0.1) is 10.6 Å². The summed E-state index contributed by atoms with van der Waals surface area (Å²) in [6.07, 6.45) is 0. The molecular weight excluding hydrogens is 294 g/mol. The molecule has 0 aliphatic carbocycles. The van der Waals surface area contributed by atoms with E-state index in [4.69, 9.17) is 0 Å². The highest BCUT2D eigenvalue weighted by Gasteiger charge is 2.45. The Bertz CT molecular complexity index is 578. The molecule has 0 spiro atoms. The van der Waals surface area contributed by atoms with E-state index in [1.807, 2.05) is 0 Å². The van der Waals surface area contributed by atoms with Gasteiger partial charge in [-0.25, -0.2) is 8.42 Å². The van der Waals surface area contributed by atoms with Gasteiger partial charge in [-0.2, -0.15) is 0 Å². The number of sulfone groups is 1. The van der Waals surface area contributed by atoms with E-state index in [1.165, 1.54) is 6.07 Å². The van der Waals surface area contributed by atoms with Gasteiger partial charge in [0.15, 0.2) is 0 Å². The zero-order valence-corrected chi connectivity index (χ0v) is 11.1. The predicted octanol–water partition coefficient (Wildman–Crippen LogP) is 1.95.